The van der Waals surface area contributed by atoms with Crippen molar-refractivity contribution in [1.82, 2.24) is 19.0 Å². The molecule has 0 radical (unpaired) electrons. The van der Waals surface area contributed by atoms with E-state index >= 15 is 4.39 Å². The number of hydrogen-bond donors (Lipinski definition) is 2. The summed E-state index contributed by atoms with van der Waals surface area (Å²) >= 11 is 0. The molecule has 0 atom stereocenters. The lowest BCUT2D eigenvalue weighted by molar-refractivity contribution is -0.0660. The average molecular weight is 640 g/mol. The molecule has 47 heavy (non-hydrogen) atoms. The normalized spacial score (nSPS) is 18.5. The number of anilines is 4. The van der Waals surface area contributed by atoms with Crippen molar-refractivity contribution in [2.75, 3.05) is 61.1 Å². The van der Waals surface area contributed by atoms with Gasteiger partial charge in [0.1, 0.15) is 17.3 Å². The fraction of sp³-hybridized carbons (Fsp3) is 0.444. The minimum atomic E-state index is -0.380. The van der Waals surface area contributed by atoms with Gasteiger partial charge in [0, 0.05) is 80.7 Å². The van der Waals surface area contributed by atoms with Gasteiger partial charge in [0.05, 0.1) is 44.3 Å². The van der Waals surface area contributed by atoms with E-state index in [2.05, 4.69) is 35.6 Å². The Balaban J connectivity index is 1.04. The third kappa shape index (κ3) is 5.70. The lowest BCUT2D eigenvalue weighted by Crippen LogP contribution is -2.56. The summed E-state index contributed by atoms with van der Waals surface area (Å²) < 4.78 is 24.6. The van der Waals surface area contributed by atoms with Gasteiger partial charge in [-0.05, 0) is 73.2 Å². The van der Waals surface area contributed by atoms with Gasteiger partial charge in [-0.25, -0.2) is 9.37 Å². The Morgan fingerprint density at radius 2 is 1.81 bits per heavy atom. The number of piperazine rings is 1. The van der Waals surface area contributed by atoms with E-state index in [1.165, 1.54) is 46.5 Å². The van der Waals surface area contributed by atoms with E-state index in [1.54, 1.807) is 19.3 Å². The van der Waals surface area contributed by atoms with E-state index in [4.69, 9.17) is 4.74 Å². The van der Waals surface area contributed by atoms with Crippen molar-refractivity contribution >= 4 is 22.9 Å². The van der Waals surface area contributed by atoms with Gasteiger partial charge < -0.3 is 34.1 Å². The largest absolute Gasteiger partial charge is 0.392 e. The lowest BCUT2D eigenvalue weighted by Gasteiger charge is -2.43. The van der Waals surface area contributed by atoms with Gasteiger partial charge in [-0.1, -0.05) is 0 Å². The highest BCUT2D eigenvalue weighted by molar-refractivity contribution is 5.77. The SMILES string of the molecule is Cn1cc(-c2cc(F)cc(N3CCn4c(cc5c4CCCC5)C3)c2CO)cc(Nc2ccc(N3CCN(C4COC4)CC3)cn2)c1=O. The minimum Gasteiger partial charge on any atom is -0.392 e. The van der Waals surface area contributed by atoms with Crippen LogP contribution in [0.2, 0.25) is 0 Å². The van der Waals surface area contributed by atoms with E-state index in [0.29, 0.717) is 46.5 Å². The quantitative estimate of drug-likeness (QED) is 0.313. The summed E-state index contributed by atoms with van der Waals surface area (Å²) in [7, 11) is 1.68. The van der Waals surface area contributed by atoms with Gasteiger partial charge in [-0.3, -0.25) is 9.69 Å². The Morgan fingerprint density at radius 3 is 2.55 bits per heavy atom. The number of ether oxygens (including phenoxy) is 1. The third-order valence-corrected chi connectivity index (χ3v) is 10.5. The van der Waals surface area contributed by atoms with Crippen molar-refractivity contribution in [3.05, 3.63) is 87.5 Å². The summed E-state index contributed by atoms with van der Waals surface area (Å²) in [5, 5.41) is 13.9. The van der Waals surface area contributed by atoms with Crippen LogP contribution in [0.3, 0.4) is 0 Å². The second-order valence-electron chi connectivity index (χ2n) is 13.3. The van der Waals surface area contributed by atoms with Crippen LogP contribution < -0.4 is 20.7 Å². The molecular weight excluding hydrogens is 597 g/mol. The monoisotopic (exact) mass is 639 g/mol. The number of rotatable bonds is 7. The summed E-state index contributed by atoms with van der Waals surface area (Å²) in [4.78, 5) is 24.9. The number of aryl methyl sites for hydroxylation is 2. The number of nitrogens with zero attached hydrogens (tertiary/aromatic N) is 6. The summed E-state index contributed by atoms with van der Waals surface area (Å²) in [5.41, 5.74) is 7.85. The molecule has 2 fully saturated rings. The predicted octanol–water partition coefficient (Wildman–Crippen LogP) is 4.04. The Hall–Kier alpha value is -4.19. The van der Waals surface area contributed by atoms with Crippen molar-refractivity contribution in [3.8, 4) is 11.1 Å². The van der Waals surface area contributed by atoms with Gasteiger partial charge in [-0.2, -0.15) is 0 Å². The van der Waals surface area contributed by atoms with Gasteiger partial charge in [-0.15, -0.1) is 0 Å². The molecule has 6 heterocycles. The van der Waals surface area contributed by atoms with Crippen LogP contribution in [-0.2, 0) is 44.3 Å². The Morgan fingerprint density at radius 1 is 1.00 bits per heavy atom. The first-order valence-electron chi connectivity index (χ1n) is 16.8. The fourth-order valence-electron chi connectivity index (χ4n) is 7.78. The highest BCUT2D eigenvalue weighted by atomic mass is 19.1. The van der Waals surface area contributed by atoms with Crippen molar-refractivity contribution in [2.24, 2.45) is 7.05 Å². The molecule has 11 heteroatoms. The Labute approximate surface area is 274 Å². The van der Waals surface area contributed by atoms with E-state index in [0.717, 1.165) is 71.0 Å². The van der Waals surface area contributed by atoms with Crippen molar-refractivity contribution in [1.29, 1.82) is 0 Å². The summed E-state index contributed by atoms with van der Waals surface area (Å²) in [6.45, 7) is 7.52. The first-order chi connectivity index (χ1) is 22.9. The molecule has 2 saturated heterocycles. The molecule has 4 aromatic rings. The zero-order valence-electron chi connectivity index (χ0n) is 26.9. The molecule has 0 bridgehead atoms. The summed E-state index contributed by atoms with van der Waals surface area (Å²) in [5.74, 6) is 0.171. The molecule has 3 aliphatic heterocycles. The molecular formula is C36H42FN7O3. The van der Waals surface area contributed by atoms with Gasteiger partial charge >= 0.3 is 0 Å². The van der Waals surface area contributed by atoms with Crippen LogP contribution in [-0.4, -0.2) is 76.1 Å². The molecule has 0 unspecified atom stereocenters. The van der Waals surface area contributed by atoms with Crippen LogP contribution in [0.15, 0.2) is 53.6 Å². The maximum absolute atomic E-state index is 15.3. The van der Waals surface area contributed by atoms with Crippen LogP contribution >= 0.6 is 0 Å². The fourth-order valence-corrected chi connectivity index (χ4v) is 7.78. The highest BCUT2D eigenvalue weighted by Gasteiger charge is 2.29. The predicted molar refractivity (Wildman–Crippen MR) is 181 cm³/mol. The number of benzene rings is 1. The molecule has 8 rings (SSSR count). The number of aliphatic hydroxyl groups excluding tert-OH is 1. The number of fused-ring (bicyclic) bond motifs is 3. The van der Waals surface area contributed by atoms with Crippen LogP contribution in [0, 0.1) is 5.82 Å². The van der Waals surface area contributed by atoms with E-state index in [-0.39, 0.29) is 18.0 Å². The summed E-state index contributed by atoms with van der Waals surface area (Å²) in [6, 6.07) is 11.5. The molecule has 246 valence electrons. The molecule has 4 aliphatic rings. The Bertz CT molecular complexity index is 1840. The molecule has 0 saturated carbocycles. The van der Waals surface area contributed by atoms with Crippen molar-refractivity contribution in [2.45, 2.75) is 51.4 Å². The van der Waals surface area contributed by atoms with Gasteiger partial charge in [0.25, 0.3) is 5.56 Å². The molecule has 3 aromatic heterocycles. The number of hydrogen-bond acceptors (Lipinski definition) is 8. The number of pyridine rings is 2. The number of nitrogens with one attached hydrogen (secondary N) is 1. The van der Waals surface area contributed by atoms with E-state index in [9.17, 15) is 9.90 Å². The standard InChI is InChI=1S/C36H42FN7O3/c1-40-19-25(15-32(36(40)46)39-35-7-6-27(18-38-35)41-8-10-42(11-9-41)29-22-47-23-29)30-16-26(37)17-34(31(30)21-45)43-12-13-44-28(20-43)14-24-4-2-3-5-33(24)44/h6-7,14-19,29,45H,2-5,8-13,20-23H2,1H3,(H,38,39). The maximum atomic E-state index is 15.3. The Kier molecular flexibility index (Phi) is 7.98. The highest BCUT2D eigenvalue weighted by Crippen LogP contribution is 2.37. The molecule has 0 spiro atoms. The first kappa shape index (κ1) is 30.2. The smallest absolute Gasteiger partial charge is 0.274 e. The zero-order chi connectivity index (χ0) is 32.1. The van der Waals surface area contributed by atoms with E-state index < -0.39 is 0 Å². The van der Waals surface area contributed by atoms with Crippen molar-refractivity contribution < 1.29 is 14.2 Å². The van der Waals surface area contributed by atoms with Crippen LogP contribution in [0.4, 0.5) is 27.3 Å². The van der Waals surface area contributed by atoms with Crippen LogP contribution in [0.5, 0.6) is 0 Å². The number of halogens is 1. The number of aromatic nitrogens is 3. The second kappa shape index (κ2) is 12.4. The molecule has 0 amide bonds. The zero-order valence-corrected chi connectivity index (χ0v) is 26.9. The second-order valence-corrected chi connectivity index (χ2v) is 13.3. The van der Waals surface area contributed by atoms with E-state index in [1.807, 2.05) is 18.3 Å². The lowest BCUT2D eigenvalue weighted by atomic mass is 9.98. The van der Waals surface area contributed by atoms with Crippen LogP contribution in [0.1, 0.15) is 35.4 Å². The molecule has 2 N–H and O–H groups in total. The average Bonchev–Trinajstić information content (AvgIpc) is 3.44. The van der Waals surface area contributed by atoms with Gasteiger partial charge in [0.2, 0.25) is 0 Å². The van der Waals surface area contributed by atoms with Crippen LogP contribution in [0.25, 0.3) is 11.1 Å². The minimum absolute atomic E-state index is 0.223. The topological polar surface area (TPSA) is 91.0 Å². The number of aliphatic hydroxyl groups is 1. The molecule has 10 nitrogen and oxygen atoms in total. The summed E-state index contributed by atoms with van der Waals surface area (Å²) in [6.07, 6.45) is 8.25. The third-order valence-electron chi connectivity index (χ3n) is 10.5. The molecule has 1 aromatic carbocycles. The maximum Gasteiger partial charge on any atom is 0.274 e. The van der Waals surface area contributed by atoms with Crippen molar-refractivity contribution in [3.63, 3.8) is 0 Å². The van der Waals surface area contributed by atoms with Gasteiger partial charge in [0.15, 0.2) is 0 Å². The molecule has 1 aliphatic carbocycles. The first-order valence-corrected chi connectivity index (χ1v) is 16.8.